The normalized spacial score (nSPS) is 28.0. The SMILES string of the molecule is COc1ccc2c(c1)CC[C@H]([C@H]1CC[C@H](OC(C)=O)C1)C2. The van der Waals surface area contributed by atoms with Gasteiger partial charge in [0, 0.05) is 6.92 Å². The van der Waals surface area contributed by atoms with E-state index in [2.05, 4.69) is 18.2 Å². The Morgan fingerprint density at radius 1 is 1.14 bits per heavy atom. The van der Waals surface area contributed by atoms with E-state index in [4.69, 9.17) is 9.47 Å². The molecule has 0 bridgehead atoms. The van der Waals surface area contributed by atoms with Crippen LogP contribution in [0.25, 0.3) is 0 Å². The summed E-state index contributed by atoms with van der Waals surface area (Å²) in [6.07, 6.45) is 7.00. The minimum atomic E-state index is -0.137. The standard InChI is InChI=1S/C18H24O3/c1-12(19)21-18-8-6-16(11-18)13-3-4-15-10-17(20-2)7-5-14(15)9-13/h5,7,10,13,16,18H,3-4,6,8-9,11H2,1-2H3/t13-,16-,18-/m0/s1. The van der Waals surface area contributed by atoms with Gasteiger partial charge in [0.1, 0.15) is 11.9 Å². The molecule has 1 aromatic carbocycles. The second kappa shape index (κ2) is 6.08. The Morgan fingerprint density at radius 3 is 2.76 bits per heavy atom. The Kier molecular flexibility index (Phi) is 4.18. The minimum absolute atomic E-state index is 0.137. The number of fused-ring (bicyclic) bond motifs is 1. The summed E-state index contributed by atoms with van der Waals surface area (Å²) >= 11 is 0. The molecular weight excluding hydrogens is 264 g/mol. The molecule has 0 radical (unpaired) electrons. The monoisotopic (exact) mass is 288 g/mol. The first-order valence-electron chi connectivity index (χ1n) is 7.98. The van der Waals surface area contributed by atoms with Crippen molar-refractivity contribution in [2.75, 3.05) is 7.11 Å². The zero-order valence-corrected chi connectivity index (χ0v) is 12.9. The molecule has 0 amide bonds. The quantitative estimate of drug-likeness (QED) is 0.798. The predicted octanol–water partition coefficient (Wildman–Crippen LogP) is 3.53. The average Bonchev–Trinajstić information content (AvgIpc) is 2.93. The molecule has 21 heavy (non-hydrogen) atoms. The third-order valence-electron chi connectivity index (χ3n) is 5.10. The third-order valence-corrected chi connectivity index (χ3v) is 5.10. The predicted molar refractivity (Wildman–Crippen MR) is 81.4 cm³/mol. The number of carbonyl (C=O) groups excluding carboxylic acids is 1. The van der Waals surface area contributed by atoms with Crippen LogP contribution in [0.3, 0.4) is 0 Å². The first-order valence-corrected chi connectivity index (χ1v) is 7.98. The molecule has 0 spiro atoms. The van der Waals surface area contributed by atoms with Crippen LogP contribution in [0.4, 0.5) is 0 Å². The summed E-state index contributed by atoms with van der Waals surface area (Å²) in [6, 6.07) is 6.47. The first kappa shape index (κ1) is 14.4. The highest BCUT2D eigenvalue weighted by atomic mass is 16.5. The molecule has 0 aromatic heterocycles. The van der Waals surface area contributed by atoms with E-state index < -0.39 is 0 Å². The van der Waals surface area contributed by atoms with Crippen LogP contribution in [0.1, 0.15) is 43.7 Å². The number of carbonyl (C=O) groups is 1. The number of esters is 1. The second-order valence-corrected chi connectivity index (χ2v) is 6.44. The lowest BCUT2D eigenvalue weighted by Crippen LogP contribution is -2.22. The maximum atomic E-state index is 11.1. The van der Waals surface area contributed by atoms with Gasteiger partial charge in [-0.2, -0.15) is 0 Å². The van der Waals surface area contributed by atoms with Gasteiger partial charge in [-0.3, -0.25) is 4.79 Å². The van der Waals surface area contributed by atoms with E-state index >= 15 is 0 Å². The summed E-state index contributed by atoms with van der Waals surface area (Å²) in [5, 5.41) is 0. The van der Waals surface area contributed by atoms with Gasteiger partial charge in [0.2, 0.25) is 0 Å². The van der Waals surface area contributed by atoms with Crippen molar-refractivity contribution in [3.8, 4) is 5.75 Å². The van der Waals surface area contributed by atoms with Gasteiger partial charge < -0.3 is 9.47 Å². The summed E-state index contributed by atoms with van der Waals surface area (Å²) in [5.74, 6) is 2.28. The van der Waals surface area contributed by atoms with Gasteiger partial charge in [-0.05, 0) is 73.6 Å². The Bertz CT molecular complexity index is 523. The van der Waals surface area contributed by atoms with Crippen molar-refractivity contribution in [1.82, 2.24) is 0 Å². The Hall–Kier alpha value is -1.51. The highest BCUT2D eigenvalue weighted by Crippen LogP contribution is 2.40. The zero-order chi connectivity index (χ0) is 14.8. The van der Waals surface area contributed by atoms with Crippen molar-refractivity contribution in [2.45, 2.75) is 51.6 Å². The van der Waals surface area contributed by atoms with Crippen LogP contribution >= 0.6 is 0 Å². The third kappa shape index (κ3) is 3.22. The zero-order valence-electron chi connectivity index (χ0n) is 12.9. The van der Waals surface area contributed by atoms with Crippen molar-refractivity contribution in [3.05, 3.63) is 29.3 Å². The Morgan fingerprint density at radius 2 is 2.00 bits per heavy atom. The maximum Gasteiger partial charge on any atom is 0.302 e. The van der Waals surface area contributed by atoms with Gasteiger partial charge in [0.25, 0.3) is 0 Å². The Labute approximate surface area is 126 Å². The van der Waals surface area contributed by atoms with E-state index in [9.17, 15) is 4.79 Å². The molecule has 0 aliphatic heterocycles. The summed E-state index contributed by atoms with van der Waals surface area (Å²) in [5.41, 5.74) is 2.92. The Balaban J connectivity index is 1.63. The number of benzene rings is 1. The van der Waals surface area contributed by atoms with Crippen LogP contribution < -0.4 is 4.74 Å². The van der Waals surface area contributed by atoms with Crippen LogP contribution in [0.15, 0.2) is 18.2 Å². The number of hydrogen-bond acceptors (Lipinski definition) is 3. The summed E-state index contributed by atoms with van der Waals surface area (Å²) in [4.78, 5) is 11.1. The van der Waals surface area contributed by atoms with Gasteiger partial charge in [0.15, 0.2) is 0 Å². The molecule has 1 aromatic rings. The van der Waals surface area contributed by atoms with Crippen molar-refractivity contribution < 1.29 is 14.3 Å². The molecule has 2 aliphatic rings. The van der Waals surface area contributed by atoms with E-state index in [0.29, 0.717) is 5.92 Å². The van der Waals surface area contributed by atoms with E-state index in [0.717, 1.165) is 37.4 Å². The van der Waals surface area contributed by atoms with Gasteiger partial charge in [-0.15, -0.1) is 0 Å². The van der Waals surface area contributed by atoms with Crippen LogP contribution in [0.5, 0.6) is 5.75 Å². The fourth-order valence-corrected chi connectivity index (χ4v) is 4.03. The van der Waals surface area contributed by atoms with Crippen LogP contribution in [-0.4, -0.2) is 19.2 Å². The lowest BCUT2D eigenvalue weighted by molar-refractivity contribution is -0.146. The summed E-state index contributed by atoms with van der Waals surface area (Å²) < 4.78 is 10.7. The largest absolute Gasteiger partial charge is 0.497 e. The number of methoxy groups -OCH3 is 1. The molecule has 3 nitrogen and oxygen atoms in total. The first-order chi connectivity index (χ1) is 10.2. The second-order valence-electron chi connectivity index (χ2n) is 6.44. The number of aryl methyl sites for hydroxylation is 1. The van der Waals surface area contributed by atoms with E-state index in [1.807, 2.05) is 0 Å². The molecule has 1 saturated carbocycles. The molecule has 0 N–H and O–H groups in total. The van der Waals surface area contributed by atoms with Crippen molar-refractivity contribution >= 4 is 5.97 Å². The van der Waals surface area contributed by atoms with Gasteiger partial charge in [-0.25, -0.2) is 0 Å². The van der Waals surface area contributed by atoms with Gasteiger partial charge >= 0.3 is 5.97 Å². The molecule has 3 rings (SSSR count). The number of rotatable bonds is 3. The van der Waals surface area contributed by atoms with Gasteiger partial charge in [-0.1, -0.05) is 6.07 Å². The highest BCUT2D eigenvalue weighted by molar-refractivity contribution is 5.66. The van der Waals surface area contributed by atoms with Gasteiger partial charge in [0.05, 0.1) is 7.11 Å². The lowest BCUT2D eigenvalue weighted by atomic mass is 9.76. The van der Waals surface area contributed by atoms with Crippen LogP contribution in [0, 0.1) is 11.8 Å². The molecule has 2 aliphatic carbocycles. The number of hydrogen-bond donors (Lipinski definition) is 0. The molecule has 0 heterocycles. The highest BCUT2D eigenvalue weighted by Gasteiger charge is 2.34. The molecule has 0 unspecified atom stereocenters. The molecule has 3 atom stereocenters. The molecule has 3 heteroatoms. The maximum absolute atomic E-state index is 11.1. The van der Waals surface area contributed by atoms with E-state index in [-0.39, 0.29) is 12.1 Å². The molecule has 1 fully saturated rings. The van der Waals surface area contributed by atoms with E-state index in [1.165, 1.54) is 30.9 Å². The van der Waals surface area contributed by atoms with Crippen molar-refractivity contribution in [2.24, 2.45) is 11.8 Å². The fourth-order valence-electron chi connectivity index (χ4n) is 4.03. The molecular formula is C18H24O3. The topological polar surface area (TPSA) is 35.5 Å². The summed E-state index contributed by atoms with van der Waals surface area (Å²) in [7, 11) is 1.72. The fraction of sp³-hybridized carbons (Fsp3) is 0.611. The lowest BCUT2D eigenvalue weighted by Gasteiger charge is -2.29. The molecule has 114 valence electrons. The summed E-state index contributed by atoms with van der Waals surface area (Å²) in [6.45, 7) is 1.51. The van der Waals surface area contributed by atoms with Crippen LogP contribution in [-0.2, 0) is 22.4 Å². The smallest absolute Gasteiger partial charge is 0.302 e. The number of ether oxygens (including phenoxy) is 2. The molecule has 0 saturated heterocycles. The van der Waals surface area contributed by atoms with Crippen LogP contribution in [0.2, 0.25) is 0 Å². The minimum Gasteiger partial charge on any atom is -0.497 e. The van der Waals surface area contributed by atoms with Crippen molar-refractivity contribution in [3.63, 3.8) is 0 Å². The van der Waals surface area contributed by atoms with Crippen molar-refractivity contribution in [1.29, 1.82) is 0 Å². The average molecular weight is 288 g/mol. The van der Waals surface area contributed by atoms with E-state index in [1.54, 1.807) is 7.11 Å².